The van der Waals surface area contributed by atoms with Crippen molar-refractivity contribution in [3.8, 4) is 28.3 Å². The van der Waals surface area contributed by atoms with Gasteiger partial charge in [0.15, 0.2) is 5.69 Å². The van der Waals surface area contributed by atoms with Crippen LogP contribution in [-0.4, -0.2) is 0 Å². The van der Waals surface area contributed by atoms with Gasteiger partial charge >= 0.3 is 0 Å². The molecule has 0 fully saturated rings. The smallest absolute Gasteiger partial charge is 0.187 e. The van der Waals surface area contributed by atoms with Crippen molar-refractivity contribution in [1.82, 2.24) is 0 Å². The van der Waals surface area contributed by atoms with Crippen LogP contribution in [0, 0.1) is 45.6 Å². The second kappa shape index (κ2) is 13.8. The Morgan fingerprint density at radius 2 is 0.729 bits per heavy atom. The van der Waals surface area contributed by atoms with Crippen molar-refractivity contribution in [2.75, 3.05) is 9.80 Å². The summed E-state index contributed by atoms with van der Waals surface area (Å²) in [6.45, 7) is 16.6. The van der Waals surface area contributed by atoms with Crippen LogP contribution in [0.15, 0.2) is 170 Å². The van der Waals surface area contributed by atoms with Gasteiger partial charge < -0.3 is 9.80 Å². The van der Waals surface area contributed by atoms with Gasteiger partial charge in [-0.15, -0.1) is 0 Å². The summed E-state index contributed by atoms with van der Waals surface area (Å²) in [5, 5.41) is 10.4. The second-order valence-electron chi connectivity index (χ2n) is 15.9. The van der Waals surface area contributed by atoms with Crippen LogP contribution in [0.3, 0.4) is 0 Å². The third kappa shape index (κ3) is 5.65. The Hall–Kier alpha value is -7.66. The molecule has 0 unspecified atom stereocenters. The van der Waals surface area contributed by atoms with E-state index in [0.29, 0.717) is 11.3 Å². The summed E-state index contributed by atoms with van der Waals surface area (Å²) in [5.41, 5.74) is 20.2. The fourth-order valence-corrected chi connectivity index (χ4v) is 9.28. The SMILES string of the molecule is [C-]#[N+]c1ccc2c(c1)C1(c3cc(C#N)ccc3-2)c2cc(N(c3ccc(C)cc3)c3ccc(C)cc3)ccc2-c2ccc(N(c3ccc(C)cc3)c3ccc(C)cc3)cc21. The van der Waals surface area contributed by atoms with Crippen LogP contribution in [0.25, 0.3) is 27.1 Å². The predicted octanol–water partition coefficient (Wildman–Crippen LogP) is 14.6. The maximum atomic E-state index is 10.4. The van der Waals surface area contributed by atoms with Crippen molar-refractivity contribution < 1.29 is 0 Å². The minimum atomic E-state index is -0.826. The molecule has 0 radical (unpaired) electrons. The van der Waals surface area contributed by atoms with Gasteiger partial charge in [-0.05, 0) is 157 Å². The van der Waals surface area contributed by atoms with E-state index in [1.165, 1.54) is 22.3 Å². The van der Waals surface area contributed by atoms with Crippen molar-refractivity contribution in [3.63, 3.8) is 0 Å². The Labute approximate surface area is 346 Å². The topological polar surface area (TPSA) is 34.6 Å². The van der Waals surface area contributed by atoms with Gasteiger partial charge in [0.1, 0.15) is 0 Å². The molecule has 2 aliphatic rings. The number of aryl methyl sites for hydroxylation is 4. The molecule has 0 atom stereocenters. The highest BCUT2D eigenvalue weighted by atomic mass is 15.1. The van der Waals surface area contributed by atoms with Crippen LogP contribution in [0.2, 0.25) is 0 Å². The molecule has 8 aromatic rings. The Morgan fingerprint density at radius 1 is 0.407 bits per heavy atom. The average molecular weight is 757 g/mol. The lowest BCUT2D eigenvalue weighted by Gasteiger charge is -2.33. The molecule has 2 aliphatic carbocycles. The van der Waals surface area contributed by atoms with E-state index in [0.717, 1.165) is 78.6 Å². The minimum Gasteiger partial charge on any atom is -0.310 e. The minimum absolute atomic E-state index is 0.584. The molecule has 0 aliphatic heterocycles. The molecule has 0 saturated heterocycles. The predicted molar refractivity (Wildman–Crippen MR) is 242 cm³/mol. The summed E-state index contributed by atoms with van der Waals surface area (Å²) in [6, 6.07) is 63.2. The van der Waals surface area contributed by atoms with E-state index < -0.39 is 5.41 Å². The van der Waals surface area contributed by atoms with Crippen LogP contribution in [0.1, 0.15) is 50.1 Å². The summed E-state index contributed by atoms with van der Waals surface area (Å²) in [6.07, 6.45) is 0. The number of nitriles is 1. The Balaban J connectivity index is 1.29. The van der Waals surface area contributed by atoms with Crippen molar-refractivity contribution in [2.24, 2.45) is 0 Å². The van der Waals surface area contributed by atoms with Crippen LogP contribution in [0.5, 0.6) is 0 Å². The third-order valence-electron chi connectivity index (χ3n) is 12.2. The Bertz CT molecular complexity index is 2730. The van der Waals surface area contributed by atoms with Gasteiger partial charge in [0.25, 0.3) is 0 Å². The number of anilines is 6. The Morgan fingerprint density at radius 3 is 1.10 bits per heavy atom. The molecule has 0 heterocycles. The Kier molecular flexibility index (Phi) is 8.34. The lowest BCUT2D eigenvalue weighted by atomic mass is 9.70. The zero-order valence-corrected chi connectivity index (χ0v) is 33.5. The van der Waals surface area contributed by atoms with Crippen LogP contribution < -0.4 is 9.80 Å². The fourth-order valence-electron chi connectivity index (χ4n) is 9.28. The lowest BCUT2D eigenvalue weighted by Crippen LogP contribution is -2.26. The number of benzene rings is 8. The van der Waals surface area contributed by atoms with E-state index in [9.17, 15) is 5.26 Å². The molecule has 0 N–H and O–H groups in total. The molecule has 0 bridgehead atoms. The van der Waals surface area contributed by atoms with Crippen molar-refractivity contribution in [2.45, 2.75) is 33.1 Å². The standard InChI is InChI=1S/C55H40N4/c1-35-6-16-41(17-7-35)58(42-18-8-36(2)9-19-42)45-24-28-49-50-29-25-46(59(43-20-10-37(3)11-21-43)44-22-12-38(4)13-23-44)33-54(50)55(53(49)32-45)51-30-39(34-56)14-26-47(51)48-27-15-40(57-5)31-52(48)55/h6-33H,1-4H3. The summed E-state index contributed by atoms with van der Waals surface area (Å²) in [5.74, 6) is 0. The first kappa shape index (κ1) is 35.7. The van der Waals surface area contributed by atoms with E-state index in [1.54, 1.807) is 0 Å². The van der Waals surface area contributed by atoms with Gasteiger partial charge in [0.2, 0.25) is 0 Å². The molecule has 280 valence electrons. The van der Waals surface area contributed by atoms with Gasteiger partial charge in [-0.1, -0.05) is 107 Å². The van der Waals surface area contributed by atoms with E-state index >= 15 is 0 Å². The number of nitrogens with zero attached hydrogens (tertiary/aromatic N) is 4. The highest BCUT2D eigenvalue weighted by Crippen LogP contribution is 2.64. The maximum Gasteiger partial charge on any atom is 0.187 e. The normalized spacial score (nSPS) is 12.5. The van der Waals surface area contributed by atoms with Gasteiger partial charge in [0, 0.05) is 34.1 Å². The number of rotatable bonds is 6. The number of fused-ring (bicyclic) bond motifs is 10. The third-order valence-corrected chi connectivity index (χ3v) is 12.2. The first-order chi connectivity index (χ1) is 28.8. The molecule has 0 saturated carbocycles. The highest BCUT2D eigenvalue weighted by Gasteiger charge is 2.52. The van der Waals surface area contributed by atoms with E-state index in [2.05, 4.69) is 206 Å². The second-order valence-corrected chi connectivity index (χ2v) is 15.9. The quantitative estimate of drug-likeness (QED) is 0.159. The maximum absolute atomic E-state index is 10.4. The number of hydrogen-bond donors (Lipinski definition) is 0. The van der Waals surface area contributed by atoms with E-state index in [4.69, 9.17) is 6.57 Å². The molecule has 59 heavy (non-hydrogen) atoms. The molecule has 8 aromatic carbocycles. The summed E-state index contributed by atoms with van der Waals surface area (Å²) < 4.78 is 0. The van der Waals surface area contributed by atoms with Gasteiger partial charge in [-0.25, -0.2) is 4.85 Å². The van der Waals surface area contributed by atoms with Crippen LogP contribution in [-0.2, 0) is 5.41 Å². The van der Waals surface area contributed by atoms with Gasteiger partial charge in [0.05, 0.1) is 23.6 Å². The monoisotopic (exact) mass is 756 g/mol. The molecule has 0 aromatic heterocycles. The molecular formula is C55H40N4. The van der Waals surface area contributed by atoms with Crippen molar-refractivity contribution >= 4 is 39.8 Å². The van der Waals surface area contributed by atoms with Crippen molar-refractivity contribution in [3.05, 3.63) is 231 Å². The fraction of sp³-hybridized carbons (Fsp3) is 0.0909. The zero-order valence-electron chi connectivity index (χ0n) is 33.5. The molecule has 1 spiro atoms. The molecule has 4 nitrogen and oxygen atoms in total. The zero-order chi connectivity index (χ0) is 40.4. The van der Waals surface area contributed by atoms with Crippen LogP contribution in [0.4, 0.5) is 39.8 Å². The molecular weight excluding hydrogens is 717 g/mol. The first-order valence-corrected chi connectivity index (χ1v) is 20.0. The van der Waals surface area contributed by atoms with E-state index in [-0.39, 0.29) is 0 Å². The summed E-state index contributed by atoms with van der Waals surface area (Å²) >= 11 is 0. The average Bonchev–Trinajstić information content (AvgIpc) is 3.72. The van der Waals surface area contributed by atoms with Gasteiger partial charge in [-0.3, -0.25) is 0 Å². The molecule has 4 heteroatoms. The van der Waals surface area contributed by atoms with Gasteiger partial charge in [-0.2, -0.15) is 5.26 Å². The molecule has 0 amide bonds. The summed E-state index contributed by atoms with van der Waals surface area (Å²) in [4.78, 5) is 8.63. The van der Waals surface area contributed by atoms with Crippen molar-refractivity contribution in [1.29, 1.82) is 5.26 Å². The number of hydrogen-bond acceptors (Lipinski definition) is 3. The lowest BCUT2D eigenvalue weighted by molar-refractivity contribution is 0.793. The molecule has 10 rings (SSSR count). The first-order valence-electron chi connectivity index (χ1n) is 20.0. The summed E-state index contributed by atoms with van der Waals surface area (Å²) in [7, 11) is 0. The van der Waals surface area contributed by atoms with Crippen LogP contribution >= 0.6 is 0 Å². The van der Waals surface area contributed by atoms with E-state index in [1.807, 2.05) is 12.1 Å². The largest absolute Gasteiger partial charge is 0.310 e. The highest BCUT2D eigenvalue weighted by molar-refractivity contribution is 5.98.